The lowest BCUT2D eigenvalue weighted by atomic mass is 9.93. The summed E-state index contributed by atoms with van der Waals surface area (Å²) in [5, 5.41) is 11.3. The number of nitrogens with zero attached hydrogens (tertiary/aromatic N) is 4. The van der Waals surface area contributed by atoms with E-state index >= 15 is 4.39 Å². The minimum absolute atomic E-state index is 0.0456. The zero-order chi connectivity index (χ0) is 33.5. The molecule has 3 saturated heterocycles. The lowest BCUT2D eigenvalue weighted by Crippen LogP contribution is -2.48. The fourth-order valence-corrected chi connectivity index (χ4v) is 11.0. The highest BCUT2D eigenvalue weighted by Crippen LogP contribution is 2.45. The third kappa shape index (κ3) is 4.96. The van der Waals surface area contributed by atoms with Crippen LogP contribution in [-0.4, -0.2) is 84.4 Å². The van der Waals surface area contributed by atoms with Crippen LogP contribution in [0.1, 0.15) is 37.7 Å². The number of ether oxygens (including phenoxy) is 1. The molecule has 2 unspecified atom stereocenters. The monoisotopic (exact) mass is 676 g/mol. The molecular formula is C36H35F3N4O4S. The van der Waals surface area contributed by atoms with Gasteiger partial charge in [0, 0.05) is 48.6 Å². The number of hydrogen-bond acceptors (Lipinski definition) is 8. The number of phenols is 1. The number of rotatable bonds is 6. The molecule has 0 radical (unpaired) electrons. The van der Waals surface area contributed by atoms with Crippen LogP contribution in [-0.2, 0) is 9.84 Å². The van der Waals surface area contributed by atoms with Gasteiger partial charge < -0.3 is 14.7 Å². The SMILES string of the molecule is C#Cc1c(F)ccc2cc(O)cc(-c3ccc4c(N5CC6CCC(C5)C6S(C)(=O)=O)nc(OC[C@@]56CCCN5C[C@H](F)C6)nc4c3F)c12. The highest BCUT2D eigenvalue weighted by atomic mass is 32.2. The van der Waals surface area contributed by atoms with Crippen molar-refractivity contribution >= 4 is 37.3 Å². The Morgan fingerprint density at radius 1 is 1.08 bits per heavy atom. The lowest BCUT2D eigenvalue weighted by molar-refractivity contribution is 0.107. The first-order valence-corrected chi connectivity index (χ1v) is 18.3. The molecule has 4 fully saturated rings. The molecule has 250 valence electrons. The van der Waals surface area contributed by atoms with Crippen LogP contribution < -0.4 is 9.64 Å². The van der Waals surface area contributed by atoms with Crippen molar-refractivity contribution in [3.63, 3.8) is 0 Å². The summed E-state index contributed by atoms with van der Waals surface area (Å²) in [5.74, 6) is 1.08. The standard InChI is InChI=1S/C36H35F3N4O4S/c1-3-25-29(38)10-7-20-13-24(44)14-28(30(20)25)26-8-9-27-32(31(26)39)40-35(47-19-36-11-4-12-43(36)18-23(37)15-36)41-34(27)42-16-21-5-6-22(17-42)33(21)48(2,45)46/h1,7-10,13-14,21-23,33,44H,4-6,11-12,15-19H2,2H3/t21?,22?,23-,33?,36+/m1/s1. The predicted molar refractivity (Wildman–Crippen MR) is 178 cm³/mol. The van der Waals surface area contributed by atoms with Crippen molar-refractivity contribution in [2.45, 2.75) is 49.1 Å². The maximum Gasteiger partial charge on any atom is 0.319 e. The molecule has 1 aliphatic carbocycles. The minimum Gasteiger partial charge on any atom is -0.508 e. The lowest BCUT2D eigenvalue weighted by Gasteiger charge is -2.38. The molecule has 2 bridgehead atoms. The number of piperidine rings is 1. The highest BCUT2D eigenvalue weighted by Gasteiger charge is 2.50. The van der Waals surface area contributed by atoms with Crippen molar-refractivity contribution < 1.29 is 31.4 Å². The van der Waals surface area contributed by atoms with Crippen molar-refractivity contribution in [2.24, 2.45) is 11.8 Å². The summed E-state index contributed by atoms with van der Waals surface area (Å²) in [4.78, 5) is 13.5. The molecule has 1 N–H and O–H groups in total. The molecule has 4 heterocycles. The van der Waals surface area contributed by atoms with Gasteiger partial charge in [-0.2, -0.15) is 9.97 Å². The summed E-state index contributed by atoms with van der Waals surface area (Å²) in [6.45, 7) is 2.12. The van der Waals surface area contributed by atoms with Crippen molar-refractivity contribution in [1.82, 2.24) is 14.9 Å². The van der Waals surface area contributed by atoms with Crippen LogP contribution in [0.15, 0.2) is 36.4 Å². The molecule has 4 aliphatic rings. The van der Waals surface area contributed by atoms with Crippen LogP contribution in [0.4, 0.5) is 19.0 Å². The largest absolute Gasteiger partial charge is 0.508 e. The van der Waals surface area contributed by atoms with E-state index in [9.17, 15) is 22.3 Å². The number of aromatic nitrogens is 2. The summed E-state index contributed by atoms with van der Waals surface area (Å²) in [7, 11) is -3.26. The van der Waals surface area contributed by atoms with E-state index in [2.05, 4.69) is 15.8 Å². The Morgan fingerprint density at radius 2 is 1.85 bits per heavy atom. The van der Waals surface area contributed by atoms with Gasteiger partial charge in [-0.05, 0) is 79.3 Å². The number of benzene rings is 3. The zero-order valence-corrected chi connectivity index (χ0v) is 27.2. The maximum absolute atomic E-state index is 16.9. The molecule has 4 atom stereocenters. The number of fused-ring (bicyclic) bond motifs is 5. The van der Waals surface area contributed by atoms with E-state index in [0.717, 1.165) is 32.2 Å². The van der Waals surface area contributed by atoms with E-state index in [1.54, 1.807) is 6.07 Å². The Balaban J connectivity index is 1.27. The quantitative estimate of drug-likeness (QED) is 0.263. The van der Waals surface area contributed by atoms with Crippen LogP contribution in [0.25, 0.3) is 32.8 Å². The van der Waals surface area contributed by atoms with E-state index in [0.29, 0.717) is 42.6 Å². The molecule has 3 aromatic carbocycles. The Morgan fingerprint density at radius 3 is 2.58 bits per heavy atom. The topological polar surface area (TPSA) is 95.9 Å². The smallest absolute Gasteiger partial charge is 0.319 e. The number of anilines is 1. The summed E-state index contributed by atoms with van der Waals surface area (Å²) >= 11 is 0. The number of phenolic OH excluding ortho intramolecular Hbond substituents is 1. The number of hydrogen-bond donors (Lipinski definition) is 1. The first kappa shape index (κ1) is 31.2. The van der Waals surface area contributed by atoms with E-state index in [4.69, 9.17) is 16.1 Å². The normalized spacial score (nSPS) is 27.1. The van der Waals surface area contributed by atoms with Crippen molar-refractivity contribution in [3.8, 4) is 35.2 Å². The molecule has 48 heavy (non-hydrogen) atoms. The summed E-state index contributed by atoms with van der Waals surface area (Å²) < 4.78 is 77.9. The Labute approximate surface area is 276 Å². The minimum atomic E-state index is -3.26. The molecule has 12 heteroatoms. The van der Waals surface area contributed by atoms with E-state index < -0.39 is 38.4 Å². The van der Waals surface area contributed by atoms with Gasteiger partial charge in [0.25, 0.3) is 0 Å². The zero-order valence-electron chi connectivity index (χ0n) is 26.4. The average Bonchev–Trinajstić information content (AvgIpc) is 3.67. The fraction of sp³-hybridized carbons (Fsp3) is 0.444. The molecule has 1 saturated carbocycles. The molecule has 0 amide bonds. The van der Waals surface area contributed by atoms with E-state index in [-0.39, 0.29) is 57.8 Å². The first-order valence-electron chi connectivity index (χ1n) is 16.3. The van der Waals surface area contributed by atoms with Gasteiger partial charge in [-0.1, -0.05) is 18.1 Å². The molecule has 1 aromatic heterocycles. The summed E-state index contributed by atoms with van der Waals surface area (Å²) in [6.07, 6.45) is 9.60. The highest BCUT2D eigenvalue weighted by molar-refractivity contribution is 7.91. The van der Waals surface area contributed by atoms with Gasteiger partial charge >= 0.3 is 6.01 Å². The second-order valence-corrected chi connectivity index (χ2v) is 16.2. The summed E-state index contributed by atoms with van der Waals surface area (Å²) in [5.41, 5.74) is -0.334. The molecule has 3 aliphatic heterocycles. The van der Waals surface area contributed by atoms with Crippen molar-refractivity contribution in [2.75, 3.05) is 43.9 Å². The molecule has 4 aromatic rings. The predicted octanol–water partition coefficient (Wildman–Crippen LogP) is 5.63. The molecule has 8 rings (SSSR count). The van der Waals surface area contributed by atoms with Crippen molar-refractivity contribution in [3.05, 3.63) is 53.6 Å². The third-order valence-electron chi connectivity index (χ3n) is 11.0. The third-order valence-corrected chi connectivity index (χ3v) is 12.8. The number of halogens is 3. The second-order valence-electron chi connectivity index (χ2n) is 14.0. The molecular weight excluding hydrogens is 641 g/mol. The second kappa shape index (κ2) is 11.2. The number of alkyl halides is 1. The average molecular weight is 677 g/mol. The number of sulfone groups is 1. The van der Waals surface area contributed by atoms with Crippen LogP contribution in [0.2, 0.25) is 0 Å². The van der Waals surface area contributed by atoms with Gasteiger partial charge in [0.1, 0.15) is 35.7 Å². The van der Waals surface area contributed by atoms with Gasteiger partial charge in [0.05, 0.1) is 16.4 Å². The van der Waals surface area contributed by atoms with E-state index in [1.165, 1.54) is 36.6 Å². The maximum atomic E-state index is 16.9. The van der Waals surface area contributed by atoms with Gasteiger partial charge in [-0.15, -0.1) is 6.42 Å². The Bertz CT molecular complexity index is 2130. The van der Waals surface area contributed by atoms with Gasteiger partial charge in [0.15, 0.2) is 15.7 Å². The number of terminal acetylenes is 1. The first-order chi connectivity index (χ1) is 23.0. The van der Waals surface area contributed by atoms with Gasteiger partial charge in [0.2, 0.25) is 0 Å². The Kier molecular flexibility index (Phi) is 7.31. The van der Waals surface area contributed by atoms with Crippen LogP contribution >= 0.6 is 0 Å². The molecule has 8 nitrogen and oxygen atoms in total. The van der Waals surface area contributed by atoms with E-state index in [1.807, 2.05) is 4.90 Å². The van der Waals surface area contributed by atoms with Crippen LogP contribution in [0.5, 0.6) is 11.8 Å². The van der Waals surface area contributed by atoms with Gasteiger partial charge in [-0.3, -0.25) is 4.90 Å². The number of aromatic hydroxyl groups is 1. The van der Waals surface area contributed by atoms with Gasteiger partial charge in [-0.25, -0.2) is 21.6 Å². The van der Waals surface area contributed by atoms with Crippen molar-refractivity contribution in [1.29, 1.82) is 0 Å². The van der Waals surface area contributed by atoms with Crippen LogP contribution in [0, 0.1) is 35.8 Å². The summed E-state index contributed by atoms with van der Waals surface area (Å²) in [6, 6.07) is 8.64. The molecule has 0 spiro atoms. The Hall–Kier alpha value is -4.08. The fourth-order valence-electron chi connectivity index (χ4n) is 9.11. The van der Waals surface area contributed by atoms with Crippen LogP contribution in [0.3, 0.4) is 0 Å².